The zero-order chi connectivity index (χ0) is 27.7. The average Bonchev–Trinajstić information content (AvgIpc) is 3.42. The molecule has 0 spiro atoms. The van der Waals surface area contributed by atoms with E-state index in [9.17, 15) is 24.4 Å². The van der Waals surface area contributed by atoms with E-state index in [4.69, 9.17) is 29.0 Å². The van der Waals surface area contributed by atoms with Crippen LogP contribution in [-0.2, 0) is 36.1 Å². The first kappa shape index (κ1) is 28.1. The molecular formula is C18H21N5O13P2. The number of nitro benzene ring substituents is 1. The van der Waals surface area contributed by atoms with E-state index in [0.717, 1.165) is 6.07 Å². The van der Waals surface area contributed by atoms with E-state index in [1.165, 1.54) is 29.4 Å². The highest BCUT2D eigenvalue weighted by atomic mass is 31.2. The van der Waals surface area contributed by atoms with E-state index in [2.05, 4.69) is 24.0 Å². The summed E-state index contributed by atoms with van der Waals surface area (Å²) in [5.41, 5.74) is 0.508. The summed E-state index contributed by atoms with van der Waals surface area (Å²) < 4.78 is 43.6. The molecule has 5 N–H and O–H groups in total. The molecule has 0 unspecified atom stereocenters. The molecule has 3 aromatic rings. The second-order valence-corrected chi connectivity index (χ2v) is 10.5. The zero-order valence-electron chi connectivity index (χ0n) is 19.1. The van der Waals surface area contributed by atoms with Crippen LogP contribution in [0.15, 0.2) is 30.9 Å². The van der Waals surface area contributed by atoms with E-state index in [0.29, 0.717) is 0 Å². The number of benzene rings is 1. The number of non-ortho nitro benzene ring substituents is 1. The van der Waals surface area contributed by atoms with Crippen LogP contribution in [0.3, 0.4) is 0 Å². The molecule has 0 aliphatic carbocycles. The van der Waals surface area contributed by atoms with Crippen LogP contribution in [0.4, 0.5) is 5.69 Å². The minimum absolute atomic E-state index is 0.00759. The van der Waals surface area contributed by atoms with Gasteiger partial charge in [0.2, 0.25) is 5.88 Å². The molecule has 1 fully saturated rings. The van der Waals surface area contributed by atoms with Crippen LogP contribution in [0.1, 0.15) is 23.8 Å². The Kier molecular flexibility index (Phi) is 8.20. The minimum Gasteiger partial charge on any atom is -0.471 e. The molecule has 0 amide bonds. The third kappa shape index (κ3) is 7.15. The molecule has 3 heterocycles. The Hall–Kier alpha value is -2.89. The van der Waals surface area contributed by atoms with Crippen molar-refractivity contribution in [3.05, 3.63) is 52.1 Å². The molecule has 0 radical (unpaired) electrons. The number of aliphatic hydroxyl groups excluding tert-OH is 1. The fraction of sp³-hybridized carbons (Fsp3) is 0.389. The third-order valence-electron chi connectivity index (χ3n) is 5.27. The van der Waals surface area contributed by atoms with Crippen LogP contribution in [-0.4, -0.2) is 67.9 Å². The first-order valence-electron chi connectivity index (χ1n) is 10.6. The number of hydrogen-bond acceptors (Lipinski definition) is 12. The van der Waals surface area contributed by atoms with Crippen LogP contribution in [0.2, 0.25) is 0 Å². The van der Waals surface area contributed by atoms with Crippen molar-refractivity contribution in [1.29, 1.82) is 0 Å². The number of rotatable bonds is 11. The van der Waals surface area contributed by atoms with Gasteiger partial charge in [-0.15, -0.1) is 0 Å². The van der Waals surface area contributed by atoms with Crippen LogP contribution in [0.25, 0.3) is 11.2 Å². The van der Waals surface area contributed by atoms with Gasteiger partial charge in [-0.1, -0.05) is 0 Å². The van der Waals surface area contributed by atoms with Crippen LogP contribution < -0.4 is 4.74 Å². The molecule has 1 saturated heterocycles. The Bertz CT molecular complexity index is 1420. The second kappa shape index (κ2) is 11.1. The molecule has 2 aromatic heterocycles. The number of imidazole rings is 1. The van der Waals surface area contributed by atoms with E-state index in [-0.39, 0.29) is 46.9 Å². The maximum Gasteiger partial charge on any atom is 0.469 e. The molecule has 3 atom stereocenters. The lowest BCUT2D eigenvalue weighted by Gasteiger charge is -2.16. The lowest BCUT2D eigenvalue weighted by atomic mass is 10.1. The van der Waals surface area contributed by atoms with Crippen molar-refractivity contribution in [3.8, 4) is 5.88 Å². The molecule has 1 aliphatic heterocycles. The lowest BCUT2D eigenvalue weighted by molar-refractivity contribution is -0.385. The van der Waals surface area contributed by atoms with Gasteiger partial charge >= 0.3 is 15.6 Å². The molecule has 1 aliphatic rings. The van der Waals surface area contributed by atoms with Crippen molar-refractivity contribution in [2.75, 3.05) is 6.61 Å². The van der Waals surface area contributed by atoms with Crippen molar-refractivity contribution in [1.82, 2.24) is 19.5 Å². The van der Waals surface area contributed by atoms with Gasteiger partial charge in [0.1, 0.15) is 25.3 Å². The molecule has 20 heteroatoms. The number of hydrogen-bond donors (Lipinski definition) is 5. The van der Waals surface area contributed by atoms with Gasteiger partial charge < -0.3 is 34.2 Å². The van der Waals surface area contributed by atoms with Crippen molar-refractivity contribution in [3.63, 3.8) is 0 Å². The number of nitro groups is 1. The SMILES string of the molecule is O=[N+]([O-])c1cc(COc2ncnc3c2ncn3[C@H]2C[C@@H](O)[C@@H](COP(=O)(O)O)O2)cc(COP(=O)(O)O)c1. The lowest BCUT2D eigenvalue weighted by Crippen LogP contribution is -2.25. The van der Waals surface area contributed by atoms with Gasteiger partial charge in [0.05, 0.1) is 30.6 Å². The summed E-state index contributed by atoms with van der Waals surface area (Å²) >= 11 is 0. The number of ether oxygens (including phenoxy) is 2. The fourth-order valence-corrected chi connectivity index (χ4v) is 4.34. The highest BCUT2D eigenvalue weighted by Crippen LogP contribution is 2.39. The van der Waals surface area contributed by atoms with Gasteiger partial charge in [-0.25, -0.2) is 19.1 Å². The molecule has 4 rings (SSSR count). The maximum absolute atomic E-state index is 11.3. The van der Waals surface area contributed by atoms with E-state index in [1.807, 2.05) is 0 Å². The van der Waals surface area contributed by atoms with E-state index >= 15 is 0 Å². The molecule has 18 nitrogen and oxygen atoms in total. The maximum atomic E-state index is 11.3. The summed E-state index contributed by atoms with van der Waals surface area (Å²) in [7, 11) is -9.55. The normalized spacial score (nSPS) is 20.2. The standard InChI is InChI=1S/C18H21N5O13P2/c24-13-4-15(36-14(13)7-35-38(30,31)32)22-9-21-16-17(22)19-8-20-18(16)33-5-10-1-11(6-34-37(27,28)29)3-12(2-10)23(25)26/h1-3,8-9,13-15,24H,4-7H2,(H2,27,28,29)(H2,30,31,32)/t13-,14-,15-/m1/s1. The largest absolute Gasteiger partial charge is 0.471 e. The topological polar surface area (TPSA) is 259 Å². The van der Waals surface area contributed by atoms with Gasteiger partial charge in [0, 0.05) is 18.6 Å². The summed E-state index contributed by atoms with van der Waals surface area (Å²) in [5, 5.41) is 21.5. The summed E-state index contributed by atoms with van der Waals surface area (Å²) in [6.07, 6.45) is -0.326. The molecule has 0 bridgehead atoms. The monoisotopic (exact) mass is 577 g/mol. The van der Waals surface area contributed by atoms with Gasteiger partial charge in [-0.3, -0.25) is 23.7 Å². The highest BCUT2D eigenvalue weighted by Gasteiger charge is 2.37. The van der Waals surface area contributed by atoms with Gasteiger partial charge in [0.15, 0.2) is 11.2 Å². The van der Waals surface area contributed by atoms with Gasteiger partial charge in [-0.2, -0.15) is 4.98 Å². The van der Waals surface area contributed by atoms with Crippen molar-refractivity contribution in [2.45, 2.75) is 38.1 Å². The number of nitrogens with zero attached hydrogens (tertiary/aromatic N) is 5. The molecule has 1 aromatic carbocycles. The third-order valence-corrected chi connectivity index (χ3v) is 6.22. The Morgan fingerprint density at radius 2 is 1.74 bits per heavy atom. The van der Waals surface area contributed by atoms with Gasteiger partial charge in [-0.05, 0) is 17.2 Å². The quantitative estimate of drug-likeness (QED) is 0.119. The first-order chi connectivity index (χ1) is 17.8. The number of aromatic nitrogens is 4. The van der Waals surface area contributed by atoms with Crippen molar-refractivity contribution >= 4 is 32.5 Å². The van der Waals surface area contributed by atoms with Crippen molar-refractivity contribution in [2.24, 2.45) is 0 Å². The summed E-state index contributed by atoms with van der Waals surface area (Å²) in [4.78, 5) is 58.5. The van der Waals surface area contributed by atoms with Crippen molar-refractivity contribution < 1.29 is 57.3 Å². The second-order valence-electron chi connectivity index (χ2n) is 8.04. The number of phosphoric ester groups is 2. The molecule has 206 valence electrons. The Labute approximate surface area is 212 Å². The van der Waals surface area contributed by atoms with Crippen LogP contribution in [0.5, 0.6) is 5.88 Å². The van der Waals surface area contributed by atoms with Gasteiger partial charge in [0.25, 0.3) is 5.69 Å². The number of aliphatic hydroxyl groups is 1. The molecular weight excluding hydrogens is 556 g/mol. The van der Waals surface area contributed by atoms with Crippen LogP contribution >= 0.6 is 15.6 Å². The summed E-state index contributed by atoms with van der Waals surface area (Å²) in [5.74, 6) is 0.00759. The molecule has 0 saturated carbocycles. The number of fused-ring (bicyclic) bond motifs is 1. The first-order valence-corrected chi connectivity index (χ1v) is 13.7. The minimum atomic E-state index is -4.80. The van der Waals surface area contributed by atoms with E-state index in [1.54, 1.807) is 0 Å². The van der Waals surface area contributed by atoms with Crippen LogP contribution in [0, 0.1) is 10.1 Å². The Balaban J connectivity index is 1.50. The summed E-state index contributed by atoms with van der Waals surface area (Å²) in [6.45, 7) is -1.35. The average molecular weight is 577 g/mol. The fourth-order valence-electron chi connectivity index (χ4n) is 3.68. The highest BCUT2D eigenvalue weighted by molar-refractivity contribution is 7.46. The Morgan fingerprint density at radius 1 is 1.05 bits per heavy atom. The molecule has 38 heavy (non-hydrogen) atoms. The Morgan fingerprint density at radius 3 is 2.39 bits per heavy atom. The zero-order valence-corrected chi connectivity index (χ0v) is 20.9. The number of phosphoric acid groups is 2. The predicted molar refractivity (Wildman–Crippen MR) is 122 cm³/mol. The summed E-state index contributed by atoms with van der Waals surface area (Å²) in [6, 6.07) is 3.73. The van der Waals surface area contributed by atoms with E-state index < -0.39 is 52.2 Å². The smallest absolute Gasteiger partial charge is 0.469 e. The predicted octanol–water partition coefficient (Wildman–Crippen LogP) is 0.680.